The van der Waals surface area contributed by atoms with Crippen LogP contribution in [0.5, 0.6) is 0 Å². The largest absolute Gasteiger partial charge is 0.305 e. The third kappa shape index (κ3) is 8.76. The monoisotopic (exact) mass is 867 g/mol. The van der Waals surface area contributed by atoms with Gasteiger partial charge in [0.25, 0.3) is 0 Å². The van der Waals surface area contributed by atoms with Crippen molar-refractivity contribution in [1.82, 2.24) is 9.97 Å². The molecule has 0 spiro atoms. The Morgan fingerprint density at radius 1 is 0.720 bits per heavy atom. The minimum absolute atomic E-state index is 0. The number of pyridine rings is 2. The molecule has 0 bridgehead atoms. The second-order valence-corrected chi connectivity index (χ2v) is 21.6. The van der Waals surface area contributed by atoms with E-state index in [1.807, 2.05) is 48.0 Å². The molecular weight excluding hydrogens is 821 g/mol. The number of rotatable bonds is 5. The predicted molar refractivity (Wildman–Crippen MR) is 216 cm³/mol. The van der Waals surface area contributed by atoms with E-state index in [0.717, 1.165) is 28.9 Å². The number of hydrogen-bond donors (Lipinski definition) is 0. The van der Waals surface area contributed by atoms with Crippen LogP contribution >= 0.6 is 11.3 Å². The number of fused-ring (bicyclic) bond motifs is 3. The molecule has 0 aliphatic carbocycles. The maximum Gasteiger partial charge on any atom is 0.0795 e. The Bertz CT molecular complexity index is 2220. The van der Waals surface area contributed by atoms with Crippen molar-refractivity contribution in [3.63, 3.8) is 0 Å². The minimum Gasteiger partial charge on any atom is -0.305 e. The minimum atomic E-state index is -1.23. The smallest absolute Gasteiger partial charge is 0.0795 e. The van der Waals surface area contributed by atoms with Crippen LogP contribution in [0, 0.1) is 38.3 Å². The maximum absolute atomic E-state index is 4.68. The number of benzene rings is 4. The third-order valence-corrected chi connectivity index (χ3v) is 12.0. The van der Waals surface area contributed by atoms with Crippen LogP contribution in [-0.4, -0.2) is 18.0 Å². The van der Waals surface area contributed by atoms with Gasteiger partial charge in [-0.05, 0) is 99.7 Å². The first kappa shape index (κ1) is 37.5. The molecule has 3 heterocycles. The summed E-state index contributed by atoms with van der Waals surface area (Å²) in [6.07, 6.45) is 4.98. The van der Waals surface area contributed by atoms with Crippen molar-refractivity contribution >= 4 is 44.8 Å². The Kier molecular flexibility index (Phi) is 11.4. The Morgan fingerprint density at radius 2 is 1.46 bits per heavy atom. The molecule has 4 aromatic carbocycles. The first-order valence-corrected chi connectivity index (χ1v) is 21.4. The molecule has 0 aliphatic rings. The van der Waals surface area contributed by atoms with Crippen LogP contribution in [0.4, 0.5) is 0 Å². The van der Waals surface area contributed by atoms with Crippen molar-refractivity contribution in [2.24, 2.45) is 5.41 Å². The molecule has 7 rings (SSSR count). The fraction of sp³-hybridized carbons (Fsp3) is 0.244. The molecule has 0 saturated carbocycles. The van der Waals surface area contributed by atoms with Gasteiger partial charge in [-0.25, -0.2) is 0 Å². The van der Waals surface area contributed by atoms with Crippen LogP contribution in [0.25, 0.3) is 53.8 Å². The second kappa shape index (κ2) is 15.2. The van der Waals surface area contributed by atoms with Gasteiger partial charge in [0.2, 0.25) is 0 Å². The van der Waals surface area contributed by atoms with Crippen LogP contribution in [-0.2, 0) is 26.5 Å². The van der Waals surface area contributed by atoms with Gasteiger partial charge in [0, 0.05) is 37.2 Å². The van der Waals surface area contributed by atoms with Gasteiger partial charge in [0.15, 0.2) is 0 Å². The van der Waals surface area contributed by atoms with Crippen molar-refractivity contribution in [1.29, 1.82) is 0 Å². The summed E-state index contributed by atoms with van der Waals surface area (Å²) in [6, 6.07) is 39.2. The van der Waals surface area contributed by atoms with E-state index in [9.17, 15) is 0 Å². The average Bonchev–Trinajstić information content (AvgIpc) is 3.41. The molecule has 0 saturated heterocycles. The Balaban J connectivity index is 0.000000241. The van der Waals surface area contributed by atoms with Crippen molar-refractivity contribution in [3.05, 3.63) is 138 Å². The molecule has 0 fully saturated rings. The molecule has 50 heavy (non-hydrogen) atoms. The number of hydrogen-bond acceptors (Lipinski definition) is 3. The van der Waals surface area contributed by atoms with Gasteiger partial charge in [0.1, 0.15) is 0 Å². The number of aryl methyl sites for hydroxylation is 3. The summed E-state index contributed by atoms with van der Waals surface area (Å²) in [7, 11) is -1.23. The van der Waals surface area contributed by atoms with E-state index < -0.39 is 8.07 Å². The standard InChI is InChI=1S/C31H30NS.C14H16NSi.Ir/c1-19-13-20(2)30(21(3)14-19)24-8-10-29-26(17-24)25-16-23(7-9-28(25)33-29)27-15-22(11-12-32-27)18-31(4,5)6;1-16(2,3)13-9-10-14(15-11-13)12-7-5-4-6-8-12;/h8-17H,18H2,1-6H3;4-7,9-11H,1-3H3;/q2*-1;. The number of thiophene rings is 1. The predicted octanol–water partition coefficient (Wildman–Crippen LogP) is 12.2. The van der Waals surface area contributed by atoms with E-state index >= 15 is 0 Å². The van der Waals surface area contributed by atoms with Crippen LogP contribution in [0.2, 0.25) is 19.6 Å². The Morgan fingerprint density at radius 3 is 2.10 bits per heavy atom. The summed E-state index contributed by atoms with van der Waals surface area (Å²) in [5, 5.41) is 4.00. The zero-order valence-electron chi connectivity index (χ0n) is 30.7. The molecule has 0 aliphatic heterocycles. The first-order valence-electron chi connectivity index (χ1n) is 17.1. The van der Waals surface area contributed by atoms with Crippen LogP contribution in [0.15, 0.2) is 103 Å². The van der Waals surface area contributed by atoms with Crippen molar-refractivity contribution in [2.45, 2.75) is 67.6 Å². The summed E-state index contributed by atoms with van der Waals surface area (Å²) < 4.78 is 2.59. The quantitative estimate of drug-likeness (QED) is 0.127. The number of nitrogens with zero attached hydrogens (tertiary/aromatic N) is 2. The topological polar surface area (TPSA) is 25.8 Å². The van der Waals surface area contributed by atoms with Gasteiger partial charge in [-0.3, -0.25) is 0 Å². The third-order valence-electron chi connectivity index (χ3n) is 8.82. The molecule has 0 atom stereocenters. The Labute approximate surface area is 317 Å². The SMILES string of the molecule is C[Si](C)(C)c1ccc(-c2[c-]cccc2)nc1.Cc1cc(C)c(-c2ccc3sc4c[c-]c(-c5cc(CC(C)(C)C)ccn5)cc4c3c2)c(C)c1.[Ir]. The van der Waals surface area contributed by atoms with E-state index in [-0.39, 0.29) is 25.5 Å². The van der Waals surface area contributed by atoms with Gasteiger partial charge in [-0.15, -0.1) is 59.7 Å². The average molecular weight is 867 g/mol. The van der Waals surface area contributed by atoms with Gasteiger partial charge in [0.05, 0.1) is 8.07 Å². The van der Waals surface area contributed by atoms with Crippen molar-refractivity contribution < 1.29 is 20.1 Å². The van der Waals surface area contributed by atoms with E-state index in [1.165, 1.54) is 58.7 Å². The summed E-state index contributed by atoms with van der Waals surface area (Å²) in [6.45, 7) is 20.4. The normalized spacial score (nSPS) is 11.6. The van der Waals surface area contributed by atoms with Gasteiger partial charge in [-0.1, -0.05) is 93.3 Å². The van der Waals surface area contributed by atoms with Gasteiger partial charge >= 0.3 is 0 Å². The molecular formula is C45H46IrN2SSi-2. The fourth-order valence-electron chi connectivity index (χ4n) is 6.55. The van der Waals surface area contributed by atoms with E-state index in [4.69, 9.17) is 0 Å². The van der Waals surface area contributed by atoms with Crippen molar-refractivity contribution in [3.8, 4) is 33.6 Å². The molecule has 3 aromatic heterocycles. The van der Waals surface area contributed by atoms with E-state index in [0.29, 0.717) is 0 Å². The van der Waals surface area contributed by atoms with E-state index in [2.05, 4.69) is 150 Å². The maximum atomic E-state index is 4.68. The fourth-order valence-corrected chi connectivity index (χ4v) is 8.64. The summed E-state index contributed by atoms with van der Waals surface area (Å²) in [5.41, 5.74) is 12.3. The molecule has 7 aromatic rings. The summed E-state index contributed by atoms with van der Waals surface area (Å²) in [4.78, 5) is 9.20. The zero-order chi connectivity index (χ0) is 34.9. The molecule has 5 heteroatoms. The van der Waals surface area contributed by atoms with Crippen molar-refractivity contribution in [2.75, 3.05) is 0 Å². The molecule has 1 radical (unpaired) electrons. The summed E-state index contributed by atoms with van der Waals surface area (Å²) >= 11 is 1.84. The molecule has 257 valence electrons. The Hall–Kier alpha value is -3.73. The van der Waals surface area contributed by atoms with Gasteiger partial charge < -0.3 is 9.97 Å². The summed E-state index contributed by atoms with van der Waals surface area (Å²) in [5.74, 6) is 0. The number of aromatic nitrogens is 2. The van der Waals surface area contributed by atoms with Crippen LogP contribution < -0.4 is 5.19 Å². The van der Waals surface area contributed by atoms with Gasteiger partial charge in [-0.2, -0.15) is 11.3 Å². The molecule has 2 nitrogen and oxygen atoms in total. The van der Waals surface area contributed by atoms with Crippen LogP contribution in [0.3, 0.4) is 0 Å². The molecule has 0 unspecified atom stereocenters. The van der Waals surface area contributed by atoms with E-state index in [1.54, 1.807) is 0 Å². The second-order valence-electron chi connectivity index (χ2n) is 15.5. The molecule has 0 amide bonds. The first-order chi connectivity index (χ1) is 23.2. The molecule has 0 N–H and O–H groups in total. The van der Waals surface area contributed by atoms with Crippen LogP contribution in [0.1, 0.15) is 43.0 Å². The zero-order valence-corrected chi connectivity index (χ0v) is 34.9.